The van der Waals surface area contributed by atoms with Crippen LogP contribution in [0.5, 0.6) is 0 Å². The first-order valence-corrected chi connectivity index (χ1v) is 7.70. The van der Waals surface area contributed by atoms with Gasteiger partial charge in [0.1, 0.15) is 0 Å². The Balaban J connectivity index is 2.25. The number of rotatable bonds is 7. The summed E-state index contributed by atoms with van der Waals surface area (Å²) in [6, 6.07) is 0.0700. The van der Waals surface area contributed by atoms with E-state index in [0.717, 1.165) is 38.5 Å². The topological polar surface area (TPSA) is 92.4 Å². The normalized spacial score (nSPS) is 25.8. The molecule has 1 fully saturated rings. The maximum atomic E-state index is 12.1. The molecule has 0 bridgehead atoms. The Bertz CT molecular complexity index is 333. The van der Waals surface area contributed by atoms with Gasteiger partial charge in [0, 0.05) is 12.1 Å². The summed E-state index contributed by atoms with van der Waals surface area (Å²) in [5.41, 5.74) is 6.00. The van der Waals surface area contributed by atoms with E-state index in [1.807, 2.05) is 6.92 Å². The molecule has 20 heavy (non-hydrogen) atoms. The van der Waals surface area contributed by atoms with E-state index in [2.05, 4.69) is 5.32 Å². The van der Waals surface area contributed by atoms with Crippen LogP contribution in [0.25, 0.3) is 0 Å². The number of nitrogens with two attached hydrogens (primary N) is 1. The number of hydrogen-bond acceptors (Lipinski definition) is 3. The molecule has 4 unspecified atom stereocenters. The summed E-state index contributed by atoms with van der Waals surface area (Å²) in [5.74, 6) is -1.06. The highest BCUT2D eigenvalue weighted by Crippen LogP contribution is 2.23. The highest BCUT2D eigenvalue weighted by Gasteiger charge is 2.28. The molecular weight excluding hydrogens is 256 g/mol. The Hall–Kier alpha value is -1.10. The quantitative estimate of drug-likeness (QED) is 0.665. The third-order valence-electron chi connectivity index (χ3n) is 4.24. The molecule has 0 heterocycles. The van der Waals surface area contributed by atoms with E-state index in [9.17, 15) is 9.59 Å². The summed E-state index contributed by atoms with van der Waals surface area (Å²) in [5, 5.41) is 11.8. The van der Waals surface area contributed by atoms with Gasteiger partial charge in [-0.2, -0.15) is 0 Å². The molecule has 1 aliphatic carbocycles. The minimum Gasteiger partial charge on any atom is -0.481 e. The van der Waals surface area contributed by atoms with E-state index >= 15 is 0 Å². The Morgan fingerprint density at radius 3 is 2.50 bits per heavy atom. The van der Waals surface area contributed by atoms with Gasteiger partial charge in [-0.15, -0.1) is 0 Å². The highest BCUT2D eigenvalue weighted by molar-refractivity contribution is 5.79. The van der Waals surface area contributed by atoms with Crippen LogP contribution >= 0.6 is 0 Å². The molecule has 4 N–H and O–H groups in total. The molecule has 0 aromatic carbocycles. The van der Waals surface area contributed by atoms with Gasteiger partial charge in [-0.3, -0.25) is 9.59 Å². The number of amides is 1. The first-order chi connectivity index (χ1) is 9.41. The van der Waals surface area contributed by atoms with Gasteiger partial charge in [-0.1, -0.05) is 26.2 Å². The average molecular weight is 284 g/mol. The van der Waals surface area contributed by atoms with Gasteiger partial charge < -0.3 is 16.2 Å². The Labute approximate surface area is 121 Å². The zero-order chi connectivity index (χ0) is 15.1. The van der Waals surface area contributed by atoms with Crippen LogP contribution < -0.4 is 11.1 Å². The van der Waals surface area contributed by atoms with Crippen molar-refractivity contribution in [1.29, 1.82) is 0 Å². The number of hydrogen-bond donors (Lipinski definition) is 3. The first-order valence-electron chi connectivity index (χ1n) is 7.70. The van der Waals surface area contributed by atoms with Crippen LogP contribution in [-0.4, -0.2) is 29.1 Å². The number of aliphatic carboxylic acids is 1. The van der Waals surface area contributed by atoms with E-state index in [1.54, 1.807) is 6.92 Å². The lowest BCUT2D eigenvalue weighted by Crippen LogP contribution is -2.46. The molecule has 0 aromatic heterocycles. The maximum Gasteiger partial charge on any atom is 0.306 e. The van der Waals surface area contributed by atoms with Crippen LogP contribution in [-0.2, 0) is 9.59 Å². The predicted octanol–water partition coefficient (Wildman–Crippen LogP) is 1.90. The molecule has 1 rings (SSSR count). The smallest absolute Gasteiger partial charge is 0.306 e. The molecule has 4 atom stereocenters. The van der Waals surface area contributed by atoms with Crippen LogP contribution in [0, 0.1) is 11.8 Å². The molecule has 116 valence electrons. The zero-order valence-electron chi connectivity index (χ0n) is 12.6. The van der Waals surface area contributed by atoms with E-state index in [4.69, 9.17) is 10.8 Å². The molecule has 5 heteroatoms. The van der Waals surface area contributed by atoms with Crippen molar-refractivity contribution in [3.05, 3.63) is 0 Å². The lowest BCUT2D eigenvalue weighted by Gasteiger charge is -2.28. The lowest BCUT2D eigenvalue weighted by molar-refractivity contribution is -0.141. The van der Waals surface area contributed by atoms with Crippen molar-refractivity contribution in [2.45, 2.75) is 70.9 Å². The molecule has 1 aliphatic rings. The molecule has 0 radical (unpaired) electrons. The van der Waals surface area contributed by atoms with E-state index in [-0.39, 0.29) is 29.8 Å². The van der Waals surface area contributed by atoms with Crippen molar-refractivity contribution in [3.8, 4) is 0 Å². The summed E-state index contributed by atoms with van der Waals surface area (Å²) in [6.07, 6.45) is 6.29. The van der Waals surface area contributed by atoms with E-state index in [0.29, 0.717) is 6.42 Å². The minimum absolute atomic E-state index is 0.0111. The number of carboxylic acid groups (broad SMARTS) is 1. The van der Waals surface area contributed by atoms with Crippen molar-refractivity contribution in [2.24, 2.45) is 17.6 Å². The molecule has 1 saturated carbocycles. The Morgan fingerprint density at radius 2 is 1.90 bits per heavy atom. The van der Waals surface area contributed by atoms with Gasteiger partial charge in [0.2, 0.25) is 5.91 Å². The molecule has 0 spiro atoms. The fourth-order valence-electron chi connectivity index (χ4n) is 2.76. The van der Waals surface area contributed by atoms with Crippen molar-refractivity contribution >= 4 is 11.9 Å². The number of carbonyl (C=O) groups excluding carboxylic acids is 1. The average Bonchev–Trinajstić information content (AvgIpc) is 2.38. The van der Waals surface area contributed by atoms with Gasteiger partial charge in [0.05, 0.1) is 11.8 Å². The molecule has 0 saturated heterocycles. The summed E-state index contributed by atoms with van der Waals surface area (Å²) in [4.78, 5) is 22.9. The summed E-state index contributed by atoms with van der Waals surface area (Å²) < 4.78 is 0. The van der Waals surface area contributed by atoms with Crippen molar-refractivity contribution in [2.75, 3.05) is 0 Å². The van der Waals surface area contributed by atoms with E-state index < -0.39 is 5.97 Å². The summed E-state index contributed by atoms with van der Waals surface area (Å²) in [6.45, 7) is 3.68. The fourth-order valence-corrected chi connectivity index (χ4v) is 2.76. The van der Waals surface area contributed by atoms with Crippen molar-refractivity contribution in [1.82, 2.24) is 5.32 Å². The standard InChI is InChI=1S/C15H28N2O3/c1-10(15(19)20)6-5-7-11(2)17-14(18)12-8-3-4-9-13(12)16/h10-13H,3-9,16H2,1-2H3,(H,17,18)(H,19,20). The first kappa shape index (κ1) is 17.0. The zero-order valence-corrected chi connectivity index (χ0v) is 12.6. The van der Waals surface area contributed by atoms with Crippen LogP contribution in [0.3, 0.4) is 0 Å². The Morgan fingerprint density at radius 1 is 1.25 bits per heavy atom. The van der Waals surface area contributed by atoms with Gasteiger partial charge in [0.15, 0.2) is 0 Å². The molecule has 0 aromatic rings. The highest BCUT2D eigenvalue weighted by atomic mass is 16.4. The fraction of sp³-hybridized carbons (Fsp3) is 0.867. The monoisotopic (exact) mass is 284 g/mol. The van der Waals surface area contributed by atoms with Crippen molar-refractivity contribution < 1.29 is 14.7 Å². The molecule has 5 nitrogen and oxygen atoms in total. The van der Waals surface area contributed by atoms with Crippen LogP contribution in [0.15, 0.2) is 0 Å². The second kappa shape index (κ2) is 8.25. The number of nitrogens with one attached hydrogen (secondary N) is 1. The summed E-state index contributed by atoms with van der Waals surface area (Å²) >= 11 is 0. The third-order valence-corrected chi connectivity index (χ3v) is 4.24. The van der Waals surface area contributed by atoms with Crippen LogP contribution in [0.2, 0.25) is 0 Å². The van der Waals surface area contributed by atoms with Gasteiger partial charge in [-0.05, 0) is 32.6 Å². The van der Waals surface area contributed by atoms with Crippen molar-refractivity contribution in [3.63, 3.8) is 0 Å². The third kappa shape index (κ3) is 5.49. The molecule has 1 amide bonds. The lowest BCUT2D eigenvalue weighted by atomic mass is 9.84. The second-order valence-electron chi connectivity index (χ2n) is 6.13. The largest absolute Gasteiger partial charge is 0.481 e. The maximum absolute atomic E-state index is 12.1. The summed E-state index contributed by atoms with van der Waals surface area (Å²) in [7, 11) is 0. The van der Waals surface area contributed by atoms with Gasteiger partial charge >= 0.3 is 5.97 Å². The molecular formula is C15H28N2O3. The predicted molar refractivity (Wildman–Crippen MR) is 78.2 cm³/mol. The van der Waals surface area contributed by atoms with Crippen LogP contribution in [0.1, 0.15) is 58.8 Å². The van der Waals surface area contributed by atoms with Crippen LogP contribution in [0.4, 0.5) is 0 Å². The Kier molecular flexibility index (Phi) is 6.99. The number of carbonyl (C=O) groups is 2. The minimum atomic E-state index is -0.755. The van der Waals surface area contributed by atoms with Gasteiger partial charge in [-0.25, -0.2) is 0 Å². The number of carboxylic acids is 1. The second-order valence-corrected chi connectivity index (χ2v) is 6.13. The van der Waals surface area contributed by atoms with Gasteiger partial charge in [0.25, 0.3) is 0 Å². The molecule has 0 aliphatic heterocycles. The SMILES string of the molecule is CC(CCCC(C)C(=O)O)NC(=O)C1CCCCC1N. The van der Waals surface area contributed by atoms with E-state index in [1.165, 1.54) is 0 Å².